The molecule has 0 aromatic heterocycles. The lowest BCUT2D eigenvalue weighted by molar-refractivity contribution is 0.559. The third kappa shape index (κ3) is 4.23. The molecule has 0 spiro atoms. The summed E-state index contributed by atoms with van der Waals surface area (Å²) in [6.45, 7) is 22.3. The molecule has 112 valence electrons. The van der Waals surface area contributed by atoms with Gasteiger partial charge in [0.25, 0.3) is 0 Å². The third-order valence-corrected chi connectivity index (χ3v) is 3.92. The standard InChI is InChI=1S/C20H32/c1-14(2)10-11-16-12-17(19(4,5)6)15(3)18(13-16)20(7,8)9/h12-13H,1,10-11H2,2-9H3. The first-order valence-electron chi connectivity index (χ1n) is 7.72. The van der Waals surface area contributed by atoms with Gasteiger partial charge in [-0.15, -0.1) is 6.58 Å². The summed E-state index contributed by atoms with van der Waals surface area (Å²) in [7, 11) is 0. The molecule has 1 rings (SSSR count). The SMILES string of the molecule is C=C(C)CCc1cc(C(C)(C)C)c(C)c(C(C)(C)C)c1. The minimum absolute atomic E-state index is 0.198. The number of rotatable bonds is 3. The normalized spacial score (nSPS) is 12.6. The summed E-state index contributed by atoms with van der Waals surface area (Å²) in [5, 5.41) is 0. The van der Waals surface area contributed by atoms with Crippen LogP contribution in [0.1, 0.15) is 77.1 Å². The lowest BCUT2D eigenvalue weighted by Gasteiger charge is -2.30. The molecule has 0 saturated heterocycles. The Morgan fingerprint density at radius 1 is 0.950 bits per heavy atom. The van der Waals surface area contributed by atoms with E-state index in [2.05, 4.69) is 74.1 Å². The van der Waals surface area contributed by atoms with E-state index >= 15 is 0 Å². The highest BCUT2D eigenvalue weighted by Crippen LogP contribution is 2.35. The molecule has 0 bridgehead atoms. The van der Waals surface area contributed by atoms with E-state index in [-0.39, 0.29) is 10.8 Å². The van der Waals surface area contributed by atoms with Crippen molar-refractivity contribution in [2.45, 2.75) is 79.1 Å². The summed E-state index contributed by atoms with van der Waals surface area (Å²) in [5.41, 5.74) is 7.55. The Balaban J connectivity index is 3.38. The van der Waals surface area contributed by atoms with Crippen molar-refractivity contribution < 1.29 is 0 Å². The van der Waals surface area contributed by atoms with Gasteiger partial charge in [-0.3, -0.25) is 0 Å². The summed E-state index contributed by atoms with van der Waals surface area (Å²) < 4.78 is 0. The predicted octanol–water partition coefficient (Wildman–Crippen LogP) is 6.10. The van der Waals surface area contributed by atoms with Crippen LogP contribution in [0.2, 0.25) is 0 Å². The van der Waals surface area contributed by atoms with E-state index in [0.29, 0.717) is 0 Å². The molecule has 1 aromatic rings. The van der Waals surface area contributed by atoms with E-state index in [1.54, 1.807) is 0 Å². The molecule has 0 aliphatic rings. The molecule has 0 aliphatic heterocycles. The van der Waals surface area contributed by atoms with Crippen LogP contribution in [0.25, 0.3) is 0 Å². The van der Waals surface area contributed by atoms with Gasteiger partial charge in [0, 0.05) is 0 Å². The first kappa shape index (κ1) is 17.0. The van der Waals surface area contributed by atoms with E-state index in [4.69, 9.17) is 0 Å². The van der Waals surface area contributed by atoms with E-state index in [1.165, 1.54) is 27.8 Å². The molecule has 0 aliphatic carbocycles. The Morgan fingerprint density at radius 3 is 1.65 bits per heavy atom. The summed E-state index contributed by atoms with van der Waals surface area (Å²) in [5.74, 6) is 0. The van der Waals surface area contributed by atoms with Gasteiger partial charge >= 0.3 is 0 Å². The summed E-state index contributed by atoms with van der Waals surface area (Å²) >= 11 is 0. The second kappa shape index (κ2) is 5.76. The molecular weight excluding hydrogens is 240 g/mol. The Bertz CT molecular complexity index is 455. The highest BCUT2D eigenvalue weighted by molar-refractivity contribution is 5.45. The van der Waals surface area contributed by atoms with E-state index in [1.807, 2.05) is 0 Å². The van der Waals surface area contributed by atoms with E-state index < -0.39 is 0 Å². The monoisotopic (exact) mass is 272 g/mol. The van der Waals surface area contributed by atoms with Crippen LogP contribution in [0, 0.1) is 6.92 Å². The van der Waals surface area contributed by atoms with Crippen LogP contribution in [0.15, 0.2) is 24.3 Å². The third-order valence-electron chi connectivity index (χ3n) is 3.92. The van der Waals surface area contributed by atoms with Gasteiger partial charge in [0.05, 0.1) is 0 Å². The molecule has 0 heterocycles. The lowest BCUT2D eigenvalue weighted by Crippen LogP contribution is -2.20. The van der Waals surface area contributed by atoms with Crippen LogP contribution in [-0.2, 0) is 17.3 Å². The van der Waals surface area contributed by atoms with Crippen LogP contribution >= 0.6 is 0 Å². The van der Waals surface area contributed by atoms with Gasteiger partial charge in [-0.1, -0.05) is 59.2 Å². The average molecular weight is 272 g/mol. The first-order valence-corrected chi connectivity index (χ1v) is 7.72. The second-order valence-electron chi connectivity index (χ2n) is 8.27. The number of hydrogen-bond acceptors (Lipinski definition) is 0. The topological polar surface area (TPSA) is 0 Å². The van der Waals surface area contributed by atoms with Crippen molar-refractivity contribution in [3.8, 4) is 0 Å². The molecule has 0 saturated carbocycles. The fourth-order valence-corrected chi connectivity index (χ4v) is 2.83. The summed E-state index contributed by atoms with van der Waals surface area (Å²) in [6.07, 6.45) is 2.18. The quantitative estimate of drug-likeness (QED) is 0.583. The van der Waals surface area contributed by atoms with Crippen molar-refractivity contribution in [1.82, 2.24) is 0 Å². The smallest absolute Gasteiger partial charge is 0.0129 e. The minimum Gasteiger partial charge on any atom is -0.100 e. The molecule has 0 radical (unpaired) electrons. The van der Waals surface area contributed by atoms with E-state index in [9.17, 15) is 0 Å². The molecule has 0 nitrogen and oxygen atoms in total. The zero-order chi connectivity index (χ0) is 15.7. The van der Waals surface area contributed by atoms with Crippen molar-refractivity contribution in [1.29, 1.82) is 0 Å². The van der Waals surface area contributed by atoms with Gasteiger partial charge in [0.1, 0.15) is 0 Å². The molecule has 0 heteroatoms. The van der Waals surface area contributed by atoms with Crippen molar-refractivity contribution in [2.24, 2.45) is 0 Å². The van der Waals surface area contributed by atoms with Crippen molar-refractivity contribution >= 4 is 0 Å². The zero-order valence-electron chi connectivity index (χ0n) is 14.8. The van der Waals surface area contributed by atoms with Crippen molar-refractivity contribution in [3.05, 3.63) is 46.5 Å². The van der Waals surface area contributed by atoms with Gasteiger partial charge < -0.3 is 0 Å². The van der Waals surface area contributed by atoms with Crippen LogP contribution < -0.4 is 0 Å². The fraction of sp³-hybridized carbons (Fsp3) is 0.600. The molecular formula is C20H32. The number of hydrogen-bond donors (Lipinski definition) is 0. The number of allylic oxidation sites excluding steroid dienone is 1. The molecule has 1 aromatic carbocycles. The van der Waals surface area contributed by atoms with Crippen LogP contribution in [0.4, 0.5) is 0 Å². The highest BCUT2D eigenvalue weighted by atomic mass is 14.3. The molecule has 0 fully saturated rings. The van der Waals surface area contributed by atoms with Crippen molar-refractivity contribution in [3.63, 3.8) is 0 Å². The zero-order valence-corrected chi connectivity index (χ0v) is 14.8. The van der Waals surface area contributed by atoms with Gasteiger partial charge in [0.15, 0.2) is 0 Å². The minimum atomic E-state index is 0.198. The summed E-state index contributed by atoms with van der Waals surface area (Å²) in [4.78, 5) is 0. The van der Waals surface area contributed by atoms with Crippen LogP contribution in [0.3, 0.4) is 0 Å². The number of aryl methyl sites for hydroxylation is 1. The largest absolute Gasteiger partial charge is 0.100 e. The van der Waals surface area contributed by atoms with Gasteiger partial charge in [-0.05, 0) is 59.8 Å². The maximum atomic E-state index is 4.03. The fourth-order valence-electron chi connectivity index (χ4n) is 2.83. The Kier molecular flexibility index (Phi) is 4.90. The molecule has 0 N–H and O–H groups in total. The first-order chi connectivity index (χ1) is 8.93. The highest BCUT2D eigenvalue weighted by Gasteiger charge is 2.24. The van der Waals surface area contributed by atoms with Gasteiger partial charge in [0.2, 0.25) is 0 Å². The second-order valence-corrected chi connectivity index (χ2v) is 8.27. The Morgan fingerprint density at radius 2 is 1.35 bits per heavy atom. The van der Waals surface area contributed by atoms with Crippen molar-refractivity contribution in [2.75, 3.05) is 0 Å². The average Bonchev–Trinajstić information content (AvgIpc) is 2.24. The van der Waals surface area contributed by atoms with Crippen LogP contribution in [-0.4, -0.2) is 0 Å². The predicted molar refractivity (Wildman–Crippen MR) is 91.7 cm³/mol. The van der Waals surface area contributed by atoms with Gasteiger partial charge in [-0.25, -0.2) is 0 Å². The molecule has 20 heavy (non-hydrogen) atoms. The summed E-state index contributed by atoms with van der Waals surface area (Å²) in [6, 6.07) is 4.82. The molecule has 0 amide bonds. The van der Waals surface area contributed by atoms with E-state index in [0.717, 1.165) is 12.8 Å². The molecule has 0 atom stereocenters. The Labute approximate surface area is 126 Å². The maximum absolute atomic E-state index is 4.03. The number of benzene rings is 1. The lowest BCUT2D eigenvalue weighted by atomic mass is 9.75. The molecule has 0 unspecified atom stereocenters. The maximum Gasteiger partial charge on any atom is -0.0129 e. The Hall–Kier alpha value is -1.04. The van der Waals surface area contributed by atoms with Gasteiger partial charge in [-0.2, -0.15) is 0 Å². The van der Waals surface area contributed by atoms with Crippen LogP contribution in [0.5, 0.6) is 0 Å².